The van der Waals surface area contributed by atoms with Crippen molar-refractivity contribution in [1.29, 1.82) is 0 Å². The van der Waals surface area contributed by atoms with Crippen LogP contribution in [0.4, 0.5) is 11.4 Å². The Morgan fingerprint density at radius 1 is 1.04 bits per heavy atom. The summed E-state index contributed by atoms with van der Waals surface area (Å²) in [5.74, 6) is -0.0345. The van der Waals surface area contributed by atoms with Crippen molar-refractivity contribution in [1.82, 2.24) is 5.32 Å². The van der Waals surface area contributed by atoms with Gasteiger partial charge in [0.15, 0.2) is 0 Å². The number of nitrogens with zero attached hydrogens (tertiary/aromatic N) is 1. The largest absolute Gasteiger partial charge is 0.393 e. The first kappa shape index (κ1) is 17.3. The maximum absolute atomic E-state index is 12.1. The summed E-state index contributed by atoms with van der Waals surface area (Å²) < 4.78 is 0. The molecule has 1 aliphatic heterocycles. The van der Waals surface area contributed by atoms with Crippen LogP contribution in [0, 0.1) is 0 Å². The van der Waals surface area contributed by atoms with E-state index in [-0.39, 0.29) is 18.6 Å². The van der Waals surface area contributed by atoms with E-state index in [1.165, 1.54) is 0 Å². The number of nitrogens with one attached hydrogen (secondary N) is 2. The Morgan fingerprint density at radius 2 is 1.72 bits per heavy atom. The van der Waals surface area contributed by atoms with Gasteiger partial charge in [-0.15, -0.1) is 0 Å². The molecule has 1 heterocycles. The van der Waals surface area contributed by atoms with Gasteiger partial charge >= 0.3 is 0 Å². The zero-order valence-corrected chi connectivity index (χ0v) is 14.3. The summed E-state index contributed by atoms with van der Waals surface area (Å²) in [6.07, 6.45) is 1.37. The van der Waals surface area contributed by atoms with Gasteiger partial charge in [-0.1, -0.05) is 42.5 Å². The number of amides is 1. The number of hydrogen-bond donors (Lipinski definition) is 3. The highest BCUT2D eigenvalue weighted by Crippen LogP contribution is 2.28. The molecule has 2 aromatic carbocycles. The van der Waals surface area contributed by atoms with E-state index in [9.17, 15) is 9.90 Å². The van der Waals surface area contributed by atoms with Crippen molar-refractivity contribution >= 4 is 17.3 Å². The lowest BCUT2D eigenvalue weighted by molar-refractivity contribution is -0.119. The number of benzene rings is 2. The van der Waals surface area contributed by atoms with Gasteiger partial charge in [0.05, 0.1) is 24.0 Å². The molecule has 1 saturated heterocycles. The number of rotatable bonds is 6. The van der Waals surface area contributed by atoms with Crippen molar-refractivity contribution in [2.24, 2.45) is 0 Å². The smallest absolute Gasteiger partial charge is 0.239 e. The fourth-order valence-electron chi connectivity index (χ4n) is 3.04. The van der Waals surface area contributed by atoms with Gasteiger partial charge in [-0.25, -0.2) is 0 Å². The number of carbonyl (C=O) groups is 1. The molecule has 0 spiro atoms. The highest BCUT2D eigenvalue weighted by atomic mass is 16.3. The van der Waals surface area contributed by atoms with Crippen LogP contribution in [0.15, 0.2) is 54.6 Å². The Bertz CT molecular complexity index is 682. The van der Waals surface area contributed by atoms with Crippen LogP contribution in [0.25, 0.3) is 0 Å². The van der Waals surface area contributed by atoms with Crippen molar-refractivity contribution in [2.45, 2.75) is 25.5 Å². The molecular weight excluding hydrogens is 314 g/mol. The quantitative estimate of drug-likeness (QED) is 0.756. The van der Waals surface area contributed by atoms with Crippen LogP contribution in [-0.4, -0.2) is 36.8 Å². The topological polar surface area (TPSA) is 64.6 Å². The van der Waals surface area contributed by atoms with Gasteiger partial charge in [-0.2, -0.15) is 0 Å². The number of piperidine rings is 1. The van der Waals surface area contributed by atoms with E-state index in [0.717, 1.165) is 42.9 Å². The van der Waals surface area contributed by atoms with E-state index in [4.69, 9.17) is 0 Å². The molecule has 5 nitrogen and oxygen atoms in total. The maximum atomic E-state index is 12.1. The van der Waals surface area contributed by atoms with E-state index in [1.54, 1.807) is 0 Å². The number of para-hydroxylation sites is 2. The molecule has 0 unspecified atom stereocenters. The van der Waals surface area contributed by atoms with Gasteiger partial charge in [0.25, 0.3) is 0 Å². The molecule has 0 bridgehead atoms. The molecule has 5 heteroatoms. The van der Waals surface area contributed by atoms with Crippen LogP contribution < -0.4 is 15.5 Å². The van der Waals surface area contributed by atoms with E-state index < -0.39 is 0 Å². The molecule has 0 radical (unpaired) electrons. The summed E-state index contributed by atoms with van der Waals surface area (Å²) >= 11 is 0. The summed E-state index contributed by atoms with van der Waals surface area (Å²) in [6.45, 7) is 2.44. The summed E-state index contributed by atoms with van der Waals surface area (Å²) in [5.41, 5.74) is 3.13. The Kier molecular flexibility index (Phi) is 5.90. The summed E-state index contributed by atoms with van der Waals surface area (Å²) in [6, 6.07) is 17.9. The minimum Gasteiger partial charge on any atom is -0.393 e. The Hall–Kier alpha value is -2.53. The number of anilines is 2. The van der Waals surface area contributed by atoms with Gasteiger partial charge in [-0.05, 0) is 30.5 Å². The van der Waals surface area contributed by atoms with Crippen molar-refractivity contribution in [3.05, 3.63) is 60.2 Å². The van der Waals surface area contributed by atoms with Gasteiger partial charge < -0.3 is 20.6 Å². The van der Waals surface area contributed by atoms with Gasteiger partial charge in [0.2, 0.25) is 5.91 Å². The Balaban J connectivity index is 1.53. The molecule has 0 aromatic heterocycles. The second-order valence-corrected chi connectivity index (χ2v) is 6.35. The van der Waals surface area contributed by atoms with E-state index in [1.807, 2.05) is 48.5 Å². The maximum Gasteiger partial charge on any atom is 0.239 e. The van der Waals surface area contributed by atoms with Crippen LogP contribution in [0.2, 0.25) is 0 Å². The SMILES string of the molecule is O=C(CNc1ccccc1N1CCC(O)CC1)NCc1ccccc1. The third-order valence-electron chi connectivity index (χ3n) is 4.48. The molecule has 132 valence electrons. The van der Waals surface area contributed by atoms with Gasteiger partial charge in [0, 0.05) is 19.6 Å². The highest BCUT2D eigenvalue weighted by Gasteiger charge is 2.19. The average Bonchev–Trinajstić information content (AvgIpc) is 2.66. The van der Waals surface area contributed by atoms with Crippen LogP contribution in [0.3, 0.4) is 0 Å². The zero-order valence-electron chi connectivity index (χ0n) is 14.3. The van der Waals surface area contributed by atoms with E-state index >= 15 is 0 Å². The lowest BCUT2D eigenvalue weighted by Crippen LogP contribution is -2.36. The molecule has 0 atom stereocenters. The summed E-state index contributed by atoms with van der Waals surface area (Å²) in [5, 5.41) is 15.8. The minimum absolute atomic E-state index is 0.0345. The average molecular weight is 339 g/mol. The number of carbonyl (C=O) groups excluding carboxylic acids is 1. The third-order valence-corrected chi connectivity index (χ3v) is 4.48. The van der Waals surface area contributed by atoms with E-state index in [0.29, 0.717) is 6.54 Å². The lowest BCUT2D eigenvalue weighted by Gasteiger charge is -2.32. The normalized spacial score (nSPS) is 15.0. The van der Waals surface area contributed by atoms with Crippen molar-refractivity contribution < 1.29 is 9.90 Å². The molecular formula is C20H25N3O2. The van der Waals surface area contributed by atoms with Crippen LogP contribution >= 0.6 is 0 Å². The fraction of sp³-hybridized carbons (Fsp3) is 0.350. The fourth-order valence-corrected chi connectivity index (χ4v) is 3.04. The molecule has 1 amide bonds. The second kappa shape index (κ2) is 8.53. The van der Waals surface area contributed by atoms with Crippen molar-refractivity contribution in [3.8, 4) is 0 Å². The Labute approximate surface area is 148 Å². The van der Waals surface area contributed by atoms with Crippen molar-refractivity contribution in [3.63, 3.8) is 0 Å². The molecule has 1 fully saturated rings. The van der Waals surface area contributed by atoms with Crippen LogP contribution in [-0.2, 0) is 11.3 Å². The number of aliphatic hydroxyl groups excluding tert-OH is 1. The Morgan fingerprint density at radius 3 is 2.48 bits per heavy atom. The number of aliphatic hydroxyl groups is 1. The van der Waals surface area contributed by atoms with Gasteiger partial charge in [0.1, 0.15) is 0 Å². The molecule has 25 heavy (non-hydrogen) atoms. The second-order valence-electron chi connectivity index (χ2n) is 6.35. The molecule has 0 aliphatic carbocycles. The monoisotopic (exact) mass is 339 g/mol. The van der Waals surface area contributed by atoms with Crippen LogP contribution in [0.5, 0.6) is 0 Å². The molecule has 3 N–H and O–H groups in total. The predicted octanol–water partition coefficient (Wildman–Crippen LogP) is 2.38. The van der Waals surface area contributed by atoms with Crippen LogP contribution in [0.1, 0.15) is 18.4 Å². The molecule has 0 saturated carbocycles. The first-order valence-electron chi connectivity index (χ1n) is 8.79. The summed E-state index contributed by atoms with van der Waals surface area (Å²) in [4.78, 5) is 14.4. The minimum atomic E-state index is -0.194. The first-order valence-corrected chi connectivity index (χ1v) is 8.79. The predicted molar refractivity (Wildman–Crippen MR) is 101 cm³/mol. The summed E-state index contributed by atoms with van der Waals surface area (Å²) in [7, 11) is 0. The third kappa shape index (κ3) is 4.97. The van der Waals surface area contributed by atoms with Gasteiger partial charge in [-0.3, -0.25) is 4.79 Å². The molecule has 1 aliphatic rings. The number of hydrogen-bond acceptors (Lipinski definition) is 4. The molecule has 2 aromatic rings. The standard InChI is InChI=1S/C20H25N3O2/c24-17-10-12-23(13-11-17)19-9-5-4-8-18(19)21-15-20(25)22-14-16-6-2-1-3-7-16/h1-9,17,21,24H,10-15H2,(H,22,25). The zero-order chi connectivity index (χ0) is 17.5. The highest BCUT2D eigenvalue weighted by molar-refractivity contribution is 5.82. The molecule has 3 rings (SSSR count). The lowest BCUT2D eigenvalue weighted by atomic mass is 10.1. The first-order chi connectivity index (χ1) is 12.2. The van der Waals surface area contributed by atoms with Crippen molar-refractivity contribution in [2.75, 3.05) is 29.9 Å². The van der Waals surface area contributed by atoms with E-state index in [2.05, 4.69) is 21.6 Å².